The first-order valence-corrected chi connectivity index (χ1v) is 7.75. The van der Waals surface area contributed by atoms with Crippen LogP contribution in [0.3, 0.4) is 0 Å². The maximum absolute atomic E-state index is 12.2. The third-order valence-electron chi connectivity index (χ3n) is 3.13. The highest BCUT2D eigenvalue weighted by Gasteiger charge is 2.22. The van der Waals surface area contributed by atoms with Crippen LogP contribution in [0.15, 0.2) is 46.9 Å². The van der Waals surface area contributed by atoms with E-state index in [4.69, 9.17) is 9.47 Å². The molecule has 8 heteroatoms. The minimum absolute atomic E-state index is 0.00214. The van der Waals surface area contributed by atoms with E-state index in [0.717, 1.165) is 4.47 Å². The molecule has 126 valence electrons. The smallest absolute Gasteiger partial charge is 0.314 e. The molecule has 0 aliphatic heterocycles. The molecule has 1 amide bonds. The number of halogens is 1. The fourth-order valence-electron chi connectivity index (χ4n) is 1.92. The van der Waals surface area contributed by atoms with Crippen molar-refractivity contribution in [2.24, 2.45) is 0 Å². The Labute approximate surface area is 146 Å². The number of nitrogens with one attached hydrogen (secondary N) is 1. The molecule has 0 saturated heterocycles. The van der Waals surface area contributed by atoms with Crippen molar-refractivity contribution in [3.05, 3.63) is 57.1 Å². The Hall–Kier alpha value is -2.61. The second kappa shape index (κ2) is 7.78. The predicted octanol–water partition coefficient (Wildman–Crippen LogP) is 3.77. The van der Waals surface area contributed by atoms with Crippen LogP contribution in [0.1, 0.15) is 6.92 Å². The highest BCUT2D eigenvalue weighted by Crippen LogP contribution is 2.31. The number of benzene rings is 2. The maximum Gasteiger partial charge on any atom is 0.314 e. The molecule has 2 rings (SSSR count). The summed E-state index contributed by atoms with van der Waals surface area (Å²) >= 11 is 3.31. The van der Waals surface area contributed by atoms with E-state index in [2.05, 4.69) is 21.2 Å². The van der Waals surface area contributed by atoms with E-state index >= 15 is 0 Å². The van der Waals surface area contributed by atoms with E-state index in [0.29, 0.717) is 11.4 Å². The van der Waals surface area contributed by atoms with Crippen molar-refractivity contribution in [2.75, 3.05) is 12.4 Å². The number of hydrogen-bond donors (Lipinski definition) is 1. The number of nitro benzene ring substituents is 1. The van der Waals surface area contributed by atoms with Gasteiger partial charge in [-0.2, -0.15) is 0 Å². The quantitative estimate of drug-likeness (QED) is 0.594. The summed E-state index contributed by atoms with van der Waals surface area (Å²) in [6, 6.07) is 11.2. The first kappa shape index (κ1) is 17.7. The Kier molecular flexibility index (Phi) is 5.75. The van der Waals surface area contributed by atoms with Gasteiger partial charge in [0, 0.05) is 10.2 Å². The normalized spacial score (nSPS) is 11.5. The zero-order valence-corrected chi connectivity index (χ0v) is 14.6. The fourth-order valence-corrected chi connectivity index (χ4v) is 2.32. The lowest BCUT2D eigenvalue weighted by Crippen LogP contribution is -2.30. The first-order valence-electron chi connectivity index (χ1n) is 6.96. The van der Waals surface area contributed by atoms with Crippen LogP contribution in [0.4, 0.5) is 11.4 Å². The summed E-state index contributed by atoms with van der Waals surface area (Å²) in [7, 11) is 1.41. The van der Waals surface area contributed by atoms with Gasteiger partial charge in [-0.15, -0.1) is 0 Å². The van der Waals surface area contributed by atoms with E-state index in [1.54, 1.807) is 18.2 Å². The van der Waals surface area contributed by atoms with Gasteiger partial charge in [0.25, 0.3) is 5.91 Å². The number of carbonyl (C=O) groups is 1. The molecule has 0 bridgehead atoms. The lowest BCUT2D eigenvalue weighted by Gasteiger charge is -2.15. The maximum atomic E-state index is 12.2. The number of rotatable bonds is 6. The molecule has 0 aliphatic rings. The standard InChI is InChI=1S/C16H15BrN2O5/c1-10(16(20)18-12-5-3-4-11(17)8-12)24-15-7-6-13(23-2)9-14(15)19(21)22/h3-10H,1-2H3,(H,18,20)/t10-/m1/s1. The largest absolute Gasteiger partial charge is 0.496 e. The van der Waals surface area contributed by atoms with Crippen LogP contribution < -0.4 is 14.8 Å². The van der Waals surface area contributed by atoms with Gasteiger partial charge < -0.3 is 14.8 Å². The fraction of sp³-hybridized carbons (Fsp3) is 0.188. The van der Waals surface area contributed by atoms with Gasteiger partial charge in [0.1, 0.15) is 5.75 Å². The van der Waals surface area contributed by atoms with Gasteiger partial charge in [-0.25, -0.2) is 0 Å². The van der Waals surface area contributed by atoms with Crippen molar-refractivity contribution in [1.29, 1.82) is 0 Å². The van der Waals surface area contributed by atoms with Crippen molar-refractivity contribution in [3.8, 4) is 11.5 Å². The molecule has 7 nitrogen and oxygen atoms in total. The van der Waals surface area contributed by atoms with Crippen LogP contribution in [-0.4, -0.2) is 24.0 Å². The first-order chi connectivity index (χ1) is 11.4. The number of methoxy groups -OCH3 is 1. The summed E-state index contributed by atoms with van der Waals surface area (Å²) in [6.45, 7) is 1.52. The molecule has 0 aromatic heterocycles. The highest BCUT2D eigenvalue weighted by atomic mass is 79.9. The van der Waals surface area contributed by atoms with E-state index in [1.807, 2.05) is 6.07 Å². The Morgan fingerprint density at radius 1 is 1.29 bits per heavy atom. The van der Waals surface area contributed by atoms with Crippen molar-refractivity contribution < 1.29 is 19.2 Å². The molecule has 0 spiro atoms. The number of amides is 1. The molecule has 0 saturated carbocycles. The molecule has 24 heavy (non-hydrogen) atoms. The number of carbonyl (C=O) groups excluding carboxylic acids is 1. The second-order valence-electron chi connectivity index (χ2n) is 4.85. The molecule has 0 unspecified atom stereocenters. The van der Waals surface area contributed by atoms with Gasteiger partial charge in [0.2, 0.25) is 0 Å². The monoisotopic (exact) mass is 394 g/mol. The Balaban J connectivity index is 2.12. The Morgan fingerprint density at radius 3 is 2.67 bits per heavy atom. The summed E-state index contributed by atoms with van der Waals surface area (Å²) in [5.41, 5.74) is 0.325. The van der Waals surface area contributed by atoms with Crippen LogP contribution in [-0.2, 0) is 4.79 Å². The van der Waals surface area contributed by atoms with Gasteiger partial charge in [-0.1, -0.05) is 22.0 Å². The number of ether oxygens (including phenoxy) is 2. The summed E-state index contributed by atoms with van der Waals surface area (Å²) in [5, 5.41) is 13.8. The minimum atomic E-state index is -0.920. The van der Waals surface area contributed by atoms with E-state index in [9.17, 15) is 14.9 Å². The molecule has 2 aromatic carbocycles. The molecule has 2 aromatic rings. The lowest BCUT2D eigenvalue weighted by molar-refractivity contribution is -0.386. The molecule has 1 N–H and O–H groups in total. The van der Waals surface area contributed by atoms with Crippen LogP contribution in [0.2, 0.25) is 0 Å². The van der Waals surface area contributed by atoms with Gasteiger partial charge >= 0.3 is 5.69 Å². The van der Waals surface area contributed by atoms with Crippen LogP contribution in [0, 0.1) is 10.1 Å². The topological polar surface area (TPSA) is 90.7 Å². The minimum Gasteiger partial charge on any atom is -0.496 e. The SMILES string of the molecule is COc1ccc(O[C@H](C)C(=O)Nc2cccc(Br)c2)c([N+](=O)[O-])c1. The molecular formula is C16H15BrN2O5. The highest BCUT2D eigenvalue weighted by molar-refractivity contribution is 9.10. The van der Waals surface area contributed by atoms with Crippen LogP contribution in [0.5, 0.6) is 11.5 Å². The zero-order valence-electron chi connectivity index (χ0n) is 13.0. The van der Waals surface area contributed by atoms with Crippen molar-refractivity contribution >= 4 is 33.2 Å². The Bertz CT molecular complexity index is 766. The average molecular weight is 395 g/mol. The van der Waals surface area contributed by atoms with Gasteiger partial charge in [0.15, 0.2) is 11.9 Å². The third kappa shape index (κ3) is 4.45. The number of hydrogen-bond acceptors (Lipinski definition) is 5. The number of nitrogens with zero attached hydrogens (tertiary/aromatic N) is 1. The molecule has 0 heterocycles. The van der Waals surface area contributed by atoms with Crippen LogP contribution in [0.25, 0.3) is 0 Å². The molecule has 0 aliphatic carbocycles. The van der Waals surface area contributed by atoms with E-state index < -0.39 is 16.9 Å². The van der Waals surface area contributed by atoms with Crippen molar-refractivity contribution in [3.63, 3.8) is 0 Å². The van der Waals surface area contributed by atoms with Gasteiger partial charge in [0.05, 0.1) is 18.1 Å². The summed E-state index contributed by atoms with van der Waals surface area (Å²) in [4.78, 5) is 22.7. The predicted molar refractivity (Wildman–Crippen MR) is 92.5 cm³/mol. The zero-order chi connectivity index (χ0) is 17.7. The molecule has 0 fully saturated rings. The summed E-state index contributed by atoms with van der Waals surface area (Å²) in [6.07, 6.45) is -0.920. The van der Waals surface area contributed by atoms with E-state index in [1.165, 1.54) is 32.2 Å². The molecule has 1 atom stereocenters. The second-order valence-corrected chi connectivity index (χ2v) is 5.77. The third-order valence-corrected chi connectivity index (χ3v) is 3.62. The number of nitro groups is 1. The summed E-state index contributed by atoms with van der Waals surface area (Å²) in [5.74, 6) is -0.0869. The van der Waals surface area contributed by atoms with Crippen LogP contribution >= 0.6 is 15.9 Å². The Morgan fingerprint density at radius 2 is 2.04 bits per heavy atom. The van der Waals surface area contributed by atoms with Gasteiger partial charge in [-0.3, -0.25) is 14.9 Å². The molecular weight excluding hydrogens is 380 g/mol. The van der Waals surface area contributed by atoms with Crippen molar-refractivity contribution in [1.82, 2.24) is 0 Å². The lowest BCUT2D eigenvalue weighted by atomic mass is 10.2. The average Bonchev–Trinajstić information content (AvgIpc) is 2.54. The van der Waals surface area contributed by atoms with Gasteiger partial charge in [-0.05, 0) is 37.3 Å². The molecule has 0 radical (unpaired) electrons. The van der Waals surface area contributed by atoms with Crippen molar-refractivity contribution in [2.45, 2.75) is 13.0 Å². The number of anilines is 1. The van der Waals surface area contributed by atoms with E-state index in [-0.39, 0.29) is 11.4 Å². The summed E-state index contributed by atoms with van der Waals surface area (Å²) < 4.78 is 11.2.